The first-order valence-electron chi connectivity index (χ1n) is 4.48. The van der Waals surface area contributed by atoms with Crippen LogP contribution in [0.25, 0.3) is 0 Å². The number of ether oxygens (including phenoxy) is 1. The van der Waals surface area contributed by atoms with E-state index in [1.54, 1.807) is 4.57 Å². The van der Waals surface area contributed by atoms with Crippen LogP contribution >= 0.6 is 0 Å². The van der Waals surface area contributed by atoms with E-state index in [2.05, 4.69) is 5.10 Å². The lowest BCUT2D eigenvalue weighted by atomic mass is 10.5. The summed E-state index contributed by atoms with van der Waals surface area (Å²) in [7, 11) is 0. The third-order valence-electron chi connectivity index (χ3n) is 2.20. The summed E-state index contributed by atoms with van der Waals surface area (Å²) < 4.78 is 8.18. The normalized spacial score (nSPS) is 20.6. The van der Waals surface area contributed by atoms with E-state index in [0.717, 1.165) is 12.4 Å². The predicted molar refractivity (Wildman–Crippen MR) is 46.6 cm³/mol. The third-order valence-corrected chi connectivity index (χ3v) is 2.20. The van der Waals surface area contributed by atoms with Crippen LogP contribution in [0, 0.1) is 6.92 Å². The fourth-order valence-electron chi connectivity index (χ4n) is 1.40. The van der Waals surface area contributed by atoms with E-state index >= 15 is 0 Å². The molecule has 5 heteroatoms. The van der Waals surface area contributed by atoms with Crippen molar-refractivity contribution in [1.29, 1.82) is 0 Å². The van der Waals surface area contributed by atoms with Gasteiger partial charge in [-0.25, -0.2) is 9.48 Å². The van der Waals surface area contributed by atoms with Crippen molar-refractivity contribution >= 4 is 0 Å². The highest BCUT2D eigenvalue weighted by Gasteiger charge is 2.24. The predicted octanol–water partition coefficient (Wildman–Crippen LogP) is -0.228. The Hall–Kier alpha value is -1.10. The zero-order valence-electron chi connectivity index (χ0n) is 7.86. The highest BCUT2D eigenvalue weighted by Crippen LogP contribution is 2.09. The smallest absolute Gasteiger partial charge is 0.345 e. The van der Waals surface area contributed by atoms with E-state index in [9.17, 15) is 4.79 Å². The minimum Gasteiger partial charge on any atom is -0.371 e. The van der Waals surface area contributed by atoms with Gasteiger partial charge in [-0.2, -0.15) is 5.10 Å². The maximum absolute atomic E-state index is 11.6. The van der Waals surface area contributed by atoms with E-state index < -0.39 is 0 Å². The van der Waals surface area contributed by atoms with Crippen LogP contribution in [0.15, 0.2) is 4.79 Å². The van der Waals surface area contributed by atoms with Gasteiger partial charge < -0.3 is 4.74 Å². The van der Waals surface area contributed by atoms with E-state index in [0.29, 0.717) is 13.1 Å². The van der Waals surface area contributed by atoms with E-state index in [4.69, 9.17) is 4.74 Å². The van der Waals surface area contributed by atoms with Gasteiger partial charge >= 0.3 is 5.69 Å². The minimum absolute atomic E-state index is 0.0319. The van der Waals surface area contributed by atoms with Gasteiger partial charge in [0.25, 0.3) is 0 Å². The van der Waals surface area contributed by atoms with Crippen LogP contribution in [0.2, 0.25) is 0 Å². The average molecular weight is 183 g/mol. The van der Waals surface area contributed by atoms with E-state index in [-0.39, 0.29) is 11.8 Å². The second-order valence-electron chi connectivity index (χ2n) is 3.21. The van der Waals surface area contributed by atoms with Gasteiger partial charge in [-0.05, 0) is 13.8 Å². The van der Waals surface area contributed by atoms with Crippen molar-refractivity contribution < 1.29 is 4.74 Å². The van der Waals surface area contributed by atoms with Crippen LogP contribution in [-0.2, 0) is 17.8 Å². The first-order valence-corrected chi connectivity index (χ1v) is 4.48. The number of epoxide rings is 1. The van der Waals surface area contributed by atoms with Crippen molar-refractivity contribution in [2.24, 2.45) is 0 Å². The summed E-state index contributed by atoms with van der Waals surface area (Å²) in [4.78, 5) is 11.6. The molecule has 1 aliphatic heterocycles. The Balaban J connectivity index is 2.29. The molecule has 0 spiro atoms. The molecule has 2 heterocycles. The van der Waals surface area contributed by atoms with E-state index in [1.165, 1.54) is 4.68 Å². The minimum atomic E-state index is -0.0319. The van der Waals surface area contributed by atoms with Crippen molar-refractivity contribution in [2.75, 3.05) is 6.61 Å². The quantitative estimate of drug-likeness (QED) is 0.608. The Kier molecular flexibility index (Phi) is 1.95. The molecule has 0 N–H and O–H groups in total. The van der Waals surface area contributed by atoms with Gasteiger partial charge in [0.1, 0.15) is 11.9 Å². The molecule has 1 aromatic rings. The zero-order valence-corrected chi connectivity index (χ0v) is 7.86. The van der Waals surface area contributed by atoms with Gasteiger partial charge in [-0.1, -0.05) is 0 Å². The molecule has 0 amide bonds. The molecule has 1 aliphatic rings. The van der Waals surface area contributed by atoms with Gasteiger partial charge in [-0.3, -0.25) is 4.57 Å². The molecule has 0 saturated carbocycles. The van der Waals surface area contributed by atoms with Crippen LogP contribution in [0.4, 0.5) is 0 Å². The molecule has 1 fully saturated rings. The Bertz CT molecular complexity index is 362. The Morgan fingerprint density at radius 1 is 1.69 bits per heavy atom. The van der Waals surface area contributed by atoms with Gasteiger partial charge in [0.2, 0.25) is 0 Å². The molecule has 1 saturated heterocycles. The number of aryl methyl sites for hydroxylation is 1. The SMILES string of the molecule is CCn1c(C)nn(C[C@@H]2CO2)c1=O. The third kappa shape index (κ3) is 1.51. The zero-order chi connectivity index (χ0) is 9.42. The fourth-order valence-corrected chi connectivity index (χ4v) is 1.40. The number of hydrogen-bond acceptors (Lipinski definition) is 3. The van der Waals surface area contributed by atoms with Crippen molar-refractivity contribution in [3.63, 3.8) is 0 Å². The first-order chi connectivity index (χ1) is 6.22. The van der Waals surface area contributed by atoms with Crippen LogP contribution in [0.5, 0.6) is 0 Å². The molecule has 13 heavy (non-hydrogen) atoms. The highest BCUT2D eigenvalue weighted by molar-refractivity contribution is 4.84. The monoisotopic (exact) mass is 183 g/mol. The first kappa shape index (κ1) is 8.50. The topological polar surface area (TPSA) is 52.4 Å². The molecule has 0 unspecified atom stereocenters. The Morgan fingerprint density at radius 3 is 2.85 bits per heavy atom. The van der Waals surface area contributed by atoms with Gasteiger partial charge in [0, 0.05) is 6.54 Å². The molecule has 1 aromatic heterocycles. The van der Waals surface area contributed by atoms with Crippen molar-refractivity contribution in [1.82, 2.24) is 14.3 Å². The van der Waals surface area contributed by atoms with Crippen LogP contribution in [-0.4, -0.2) is 27.1 Å². The van der Waals surface area contributed by atoms with E-state index in [1.807, 2.05) is 13.8 Å². The lowest BCUT2D eigenvalue weighted by Crippen LogP contribution is -2.26. The van der Waals surface area contributed by atoms with Crippen molar-refractivity contribution in [3.8, 4) is 0 Å². The van der Waals surface area contributed by atoms with Crippen molar-refractivity contribution in [3.05, 3.63) is 16.3 Å². The molecule has 0 bridgehead atoms. The largest absolute Gasteiger partial charge is 0.371 e. The summed E-state index contributed by atoms with van der Waals surface area (Å²) >= 11 is 0. The summed E-state index contributed by atoms with van der Waals surface area (Å²) in [6, 6.07) is 0. The maximum atomic E-state index is 11.6. The number of hydrogen-bond donors (Lipinski definition) is 0. The summed E-state index contributed by atoms with van der Waals surface area (Å²) in [5.41, 5.74) is -0.0319. The van der Waals surface area contributed by atoms with Gasteiger partial charge in [0.05, 0.1) is 13.2 Å². The summed E-state index contributed by atoms with van der Waals surface area (Å²) in [6.07, 6.45) is 0.206. The lowest BCUT2D eigenvalue weighted by Gasteiger charge is -1.94. The number of nitrogens with zero attached hydrogens (tertiary/aromatic N) is 3. The van der Waals surface area contributed by atoms with Gasteiger partial charge in [0.15, 0.2) is 0 Å². The molecule has 0 aliphatic carbocycles. The van der Waals surface area contributed by atoms with Crippen molar-refractivity contribution in [2.45, 2.75) is 33.0 Å². The molecule has 0 radical (unpaired) electrons. The molecule has 1 atom stereocenters. The lowest BCUT2D eigenvalue weighted by molar-refractivity contribution is 0.369. The average Bonchev–Trinajstić information content (AvgIpc) is 2.83. The molecular formula is C8H13N3O2. The van der Waals surface area contributed by atoms with Crippen LogP contribution in [0.1, 0.15) is 12.7 Å². The van der Waals surface area contributed by atoms with Crippen LogP contribution in [0.3, 0.4) is 0 Å². The summed E-state index contributed by atoms with van der Waals surface area (Å²) in [6.45, 7) is 5.80. The molecular weight excluding hydrogens is 170 g/mol. The van der Waals surface area contributed by atoms with Gasteiger partial charge in [-0.15, -0.1) is 0 Å². The highest BCUT2D eigenvalue weighted by atomic mass is 16.6. The maximum Gasteiger partial charge on any atom is 0.345 e. The Labute approximate surface area is 75.9 Å². The van der Waals surface area contributed by atoms with Crippen LogP contribution < -0.4 is 5.69 Å². The standard InChI is InChI=1S/C8H13N3O2/c1-3-10-6(2)9-11(8(10)12)4-7-5-13-7/h7H,3-5H2,1-2H3/t7-/m1/s1. The molecule has 2 rings (SSSR count). The second-order valence-corrected chi connectivity index (χ2v) is 3.21. The molecule has 5 nitrogen and oxygen atoms in total. The Morgan fingerprint density at radius 2 is 2.38 bits per heavy atom. The fraction of sp³-hybridized carbons (Fsp3) is 0.750. The number of aromatic nitrogens is 3. The molecule has 72 valence electrons. The number of rotatable bonds is 3. The second kappa shape index (κ2) is 2.99. The summed E-state index contributed by atoms with van der Waals surface area (Å²) in [5, 5.41) is 4.15. The summed E-state index contributed by atoms with van der Waals surface area (Å²) in [5.74, 6) is 0.771. The molecule has 0 aromatic carbocycles.